The molecule has 0 bridgehead atoms. The maximum Gasteiger partial charge on any atom is 0.410 e. The van der Waals surface area contributed by atoms with Gasteiger partial charge in [0.1, 0.15) is 11.4 Å². The van der Waals surface area contributed by atoms with Gasteiger partial charge < -0.3 is 14.7 Å². The van der Waals surface area contributed by atoms with E-state index in [9.17, 15) is 14.3 Å². The third-order valence-electron chi connectivity index (χ3n) is 5.03. The van der Waals surface area contributed by atoms with Crippen LogP contribution in [0.3, 0.4) is 0 Å². The minimum Gasteiger partial charge on any atom is -0.444 e. The summed E-state index contributed by atoms with van der Waals surface area (Å²) in [6.45, 7) is 6.02. The third-order valence-corrected chi connectivity index (χ3v) is 5.03. The number of aliphatic hydroxyl groups excluding tert-OH is 1. The maximum atomic E-state index is 13.9. The Bertz CT molecular complexity index is 803. The molecule has 2 unspecified atom stereocenters. The van der Waals surface area contributed by atoms with E-state index < -0.39 is 23.7 Å². The molecule has 1 fully saturated rings. The van der Waals surface area contributed by atoms with Gasteiger partial charge in [-0.1, -0.05) is 42.5 Å². The number of amides is 1. The van der Waals surface area contributed by atoms with Crippen LogP contribution in [0.5, 0.6) is 0 Å². The molecule has 0 spiro atoms. The Morgan fingerprint density at radius 2 is 1.82 bits per heavy atom. The molecule has 1 aliphatic heterocycles. The van der Waals surface area contributed by atoms with Crippen LogP contribution < -0.4 is 0 Å². The number of nitrogens with zero attached hydrogens (tertiary/aromatic N) is 1. The van der Waals surface area contributed by atoms with Crippen molar-refractivity contribution in [3.63, 3.8) is 0 Å². The van der Waals surface area contributed by atoms with Gasteiger partial charge in [0, 0.05) is 12.5 Å². The first-order valence-electron chi connectivity index (χ1n) is 9.74. The van der Waals surface area contributed by atoms with Gasteiger partial charge in [0.25, 0.3) is 0 Å². The molecule has 0 aromatic heterocycles. The highest BCUT2D eigenvalue weighted by Crippen LogP contribution is 2.35. The lowest BCUT2D eigenvalue weighted by atomic mass is 9.83. The number of aliphatic hydroxyl groups is 1. The van der Waals surface area contributed by atoms with Crippen molar-refractivity contribution in [3.05, 3.63) is 71.5 Å². The summed E-state index contributed by atoms with van der Waals surface area (Å²) >= 11 is 0. The molecule has 1 aliphatic rings. The fraction of sp³-hybridized carbons (Fsp3) is 0.435. The van der Waals surface area contributed by atoms with E-state index in [0.717, 1.165) is 12.0 Å². The van der Waals surface area contributed by atoms with Crippen LogP contribution >= 0.6 is 0 Å². The summed E-state index contributed by atoms with van der Waals surface area (Å²) in [5.41, 5.74) is 0.975. The predicted molar refractivity (Wildman–Crippen MR) is 107 cm³/mol. The standard InChI is InChI=1S/C23H28FNO3/c1-23(2,3)28-22(27)25-14-8-13-19(25)21(26)20(16-9-5-4-6-10-16)17-11-7-12-18(24)15-17/h4-7,9-12,15,19-21,26H,8,13-14H2,1-3H3/t19-,20?,21?/m1/s1. The summed E-state index contributed by atoms with van der Waals surface area (Å²) in [6, 6.07) is 15.5. The molecule has 3 rings (SSSR count). The van der Waals surface area contributed by atoms with Gasteiger partial charge in [-0.3, -0.25) is 0 Å². The molecule has 1 saturated heterocycles. The predicted octanol–water partition coefficient (Wildman–Crippen LogP) is 4.72. The van der Waals surface area contributed by atoms with Gasteiger partial charge in [-0.2, -0.15) is 0 Å². The van der Waals surface area contributed by atoms with Crippen LogP contribution in [-0.4, -0.2) is 40.4 Å². The van der Waals surface area contributed by atoms with Crippen molar-refractivity contribution in [2.75, 3.05) is 6.54 Å². The van der Waals surface area contributed by atoms with Crippen molar-refractivity contribution in [2.45, 2.75) is 57.3 Å². The third kappa shape index (κ3) is 4.71. The van der Waals surface area contributed by atoms with Crippen LogP contribution in [0.15, 0.2) is 54.6 Å². The zero-order chi connectivity index (χ0) is 20.3. The first-order valence-corrected chi connectivity index (χ1v) is 9.74. The SMILES string of the molecule is CC(C)(C)OC(=O)N1CCC[C@@H]1C(O)C(c1ccccc1)c1cccc(F)c1. The quantitative estimate of drug-likeness (QED) is 0.829. The van der Waals surface area contributed by atoms with Gasteiger partial charge in [-0.25, -0.2) is 9.18 Å². The second kappa shape index (κ2) is 8.31. The molecule has 0 radical (unpaired) electrons. The molecule has 5 heteroatoms. The Kier molecular flexibility index (Phi) is 6.04. The molecular formula is C23H28FNO3. The van der Waals surface area contributed by atoms with E-state index in [1.165, 1.54) is 12.1 Å². The van der Waals surface area contributed by atoms with Crippen molar-refractivity contribution in [1.29, 1.82) is 0 Å². The Labute approximate surface area is 165 Å². The summed E-state index contributed by atoms with van der Waals surface area (Å²) in [6.07, 6.45) is 0.185. The average Bonchev–Trinajstić information content (AvgIpc) is 3.11. The molecule has 1 heterocycles. The van der Waals surface area contributed by atoms with Gasteiger partial charge in [-0.05, 0) is 56.9 Å². The lowest BCUT2D eigenvalue weighted by molar-refractivity contribution is 0.00254. The summed E-state index contributed by atoms with van der Waals surface area (Å²) in [5, 5.41) is 11.4. The molecule has 0 saturated carbocycles. The van der Waals surface area contributed by atoms with Gasteiger partial charge in [0.2, 0.25) is 0 Å². The normalized spacial score (nSPS) is 19.3. The van der Waals surface area contributed by atoms with Gasteiger partial charge in [-0.15, -0.1) is 0 Å². The summed E-state index contributed by atoms with van der Waals surface area (Å²) in [5.74, 6) is -0.786. The molecule has 2 aromatic rings. The number of benzene rings is 2. The first-order chi connectivity index (χ1) is 13.3. The van der Waals surface area contributed by atoms with Crippen molar-refractivity contribution < 1.29 is 19.0 Å². The van der Waals surface area contributed by atoms with Crippen molar-refractivity contribution >= 4 is 6.09 Å². The second-order valence-corrected chi connectivity index (χ2v) is 8.32. The molecule has 1 amide bonds. The highest BCUT2D eigenvalue weighted by molar-refractivity contribution is 5.69. The highest BCUT2D eigenvalue weighted by atomic mass is 19.1. The Balaban J connectivity index is 1.92. The van der Waals surface area contributed by atoms with E-state index in [2.05, 4.69) is 0 Å². The van der Waals surface area contributed by atoms with Crippen molar-refractivity contribution in [2.24, 2.45) is 0 Å². The first kappa shape index (κ1) is 20.3. The molecular weight excluding hydrogens is 357 g/mol. The Hall–Kier alpha value is -2.40. The van der Waals surface area contributed by atoms with E-state index in [1.807, 2.05) is 57.2 Å². The minimum absolute atomic E-state index is 0.346. The molecule has 4 nitrogen and oxygen atoms in total. The van der Waals surface area contributed by atoms with Crippen LogP contribution in [0.2, 0.25) is 0 Å². The maximum absolute atomic E-state index is 13.9. The van der Waals surface area contributed by atoms with E-state index in [1.54, 1.807) is 11.0 Å². The summed E-state index contributed by atoms with van der Waals surface area (Å²) in [7, 11) is 0. The lowest BCUT2D eigenvalue weighted by Crippen LogP contribution is -2.47. The van der Waals surface area contributed by atoms with E-state index in [4.69, 9.17) is 4.74 Å². The highest BCUT2D eigenvalue weighted by Gasteiger charge is 2.40. The number of carbonyl (C=O) groups is 1. The monoisotopic (exact) mass is 385 g/mol. The largest absolute Gasteiger partial charge is 0.444 e. The van der Waals surface area contributed by atoms with E-state index in [0.29, 0.717) is 18.5 Å². The molecule has 3 atom stereocenters. The number of rotatable bonds is 4. The number of ether oxygens (including phenoxy) is 1. The Morgan fingerprint density at radius 1 is 1.14 bits per heavy atom. The smallest absolute Gasteiger partial charge is 0.410 e. The summed E-state index contributed by atoms with van der Waals surface area (Å²) in [4.78, 5) is 14.3. The summed E-state index contributed by atoms with van der Waals surface area (Å²) < 4.78 is 19.4. The molecule has 150 valence electrons. The van der Waals surface area contributed by atoms with Crippen LogP contribution in [0.1, 0.15) is 50.7 Å². The average molecular weight is 385 g/mol. The number of halogens is 1. The van der Waals surface area contributed by atoms with Crippen LogP contribution in [-0.2, 0) is 4.74 Å². The molecule has 28 heavy (non-hydrogen) atoms. The number of likely N-dealkylation sites (tertiary alicyclic amines) is 1. The minimum atomic E-state index is -0.876. The fourth-order valence-corrected chi connectivity index (χ4v) is 3.86. The van der Waals surface area contributed by atoms with Gasteiger partial charge in [0.05, 0.1) is 12.1 Å². The fourth-order valence-electron chi connectivity index (χ4n) is 3.86. The number of hydrogen-bond donors (Lipinski definition) is 1. The van der Waals surface area contributed by atoms with E-state index >= 15 is 0 Å². The number of carbonyl (C=O) groups excluding carboxylic acids is 1. The van der Waals surface area contributed by atoms with Gasteiger partial charge in [0.15, 0.2) is 0 Å². The lowest BCUT2D eigenvalue weighted by Gasteiger charge is -2.35. The topological polar surface area (TPSA) is 49.8 Å². The van der Waals surface area contributed by atoms with Crippen molar-refractivity contribution in [3.8, 4) is 0 Å². The van der Waals surface area contributed by atoms with E-state index in [-0.39, 0.29) is 11.9 Å². The molecule has 2 aromatic carbocycles. The van der Waals surface area contributed by atoms with Crippen molar-refractivity contribution in [1.82, 2.24) is 4.90 Å². The van der Waals surface area contributed by atoms with Crippen LogP contribution in [0.4, 0.5) is 9.18 Å². The Morgan fingerprint density at radius 3 is 2.46 bits per heavy atom. The van der Waals surface area contributed by atoms with Gasteiger partial charge >= 0.3 is 6.09 Å². The zero-order valence-corrected chi connectivity index (χ0v) is 16.6. The molecule has 0 aliphatic carbocycles. The number of hydrogen-bond acceptors (Lipinski definition) is 3. The zero-order valence-electron chi connectivity index (χ0n) is 16.6. The van der Waals surface area contributed by atoms with Crippen LogP contribution in [0.25, 0.3) is 0 Å². The molecule has 1 N–H and O–H groups in total. The van der Waals surface area contributed by atoms with Crippen LogP contribution in [0, 0.1) is 5.82 Å². The second-order valence-electron chi connectivity index (χ2n) is 8.32.